The summed E-state index contributed by atoms with van der Waals surface area (Å²) in [4.78, 5) is 0. The lowest BCUT2D eigenvalue weighted by Crippen LogP contribution is -2.52. The molecule has 3 heteroatoms. The van der Waals surface area contributed by atoms with Gasteiger partial charge in [-0.2, -0.15) is 0 Å². The highest BCUT2D eigenvalue weighted by atomic mass is 35.5. The summed E-state index contributed by atoms with van der Waals surface area (Å²) in [6.07, 6.45) is 4.74. The molecule has 0 bridgehead atoms. The maximum atomic E-state index is 9.30. The first-order valence-electron chi connectivity index (χ1n) is 7.16. The van der Waals surface area contributed by atoms with E-state index in [0.717, 1.165) is 11.4 Å². The van der Waals surface area contributed by atoms with E-state index in [4.69, 9.17) is 11.6 Å². The van der Waals surface area contributed by atoms with Crippen LogP contribution in [-0.2, 0) is 5.41 Å². The third-order valence-corrected chi connectivity index (χ3v) is 4.88. The highest BCUT2D eigenvalue weighted by Gasteiger charge is 2.44. The number of aliphatic hydroxyl groups is 1. The lowest BCUT2D eigenvalue weighted by atomic mass is 9.59. The van der Waals surface area contributed by atoms with Crippen LogP contribution in [0.5, 0.6) is 0 Å². The molecule has 19 heavy (non-hydrogen) atoms. The maximum absolute atomic E-state index is 9.30. The zero-order valence-electron chi connectivity index (χ0n) is 11.8. The molecule has 0 aromatic heterocycles. The Bertz CT molecular complexity index is 400. The molecule has 1 aliphatic rings. The predicted octanol–water partition coefficient (Wildman–Crippen LogP) is 3.37. The fourth-order valence-corrected chi connectivity index (χ4v) is 3.40. The van der Waals surface area contributed by atoms with Crippen LogP contribution < -0.4 is 5.32 Å². The fourth-order valence-electron chi connectivity index (χ4n) is 3.27. The lowest BCUT2D eigenvalue weighted by molar-refractivity contribution is 0.136. The van der Waals surface area contributed by atoms with Crippen LogP contribution in [0.15, 0.2) is 24.3 Å². The van der Waals surface area contributed by atoms with Crippen LogP contribution in [0, 0.1) is 5.92 Å². The second-order valence-electron chi connectivity index (χ2n) is 5.88. The predicted molar refractivity (Wildman–Crippen MR) is 80.7 cm³/mol. The average molecular weight is 282 g/mol. The van der Waals surface area contributed by atoms with E-state index in [1.807, 2.05) is 19.2 Å². The summed E-state index contributed by atoms with van der Waals surface area (Å²) < 4.78 is 0. The molecule has 1 aromatic rings. The number of aliphatic hydroxyl groups excluding tert-OH is 1. The molecule has 0 heterocycles. The Morgan fingerprint density at radius 2 is 1.95 bits per heavy atom. The molecule has 0 aliphatic heterocycles. The van der Waals surface area contributed by atoms with Gasteiger partial charge >= 0.3 is 0 Å². The van der Waals surface area contributed by atoms with Crippen LogP contribution >= 0.6 is 11.6 Å². The van der Waals surface area contributed by atoms with Crippen LogP contribution in [0.25, 0.3) is 0 Å². The second kappa shape index (κ2) is 6.25. The molecule has 0 saturated heterocycles. The summed E-state index contributed by atoms with van der Waals surface area (Å²) in [7, 11) is 2.03. The number of hydrogen-bond acceptors (Lipinski definition) is 2. The van der Waals surface area contributed by atoms with E-state index < -0.39 is 0 Å². The van der Waals surface area contributed by atoms with Crippen molar-refractivity contribution < 1.29 is 5.11 Å². The Hall–Kier alpha value is -0.570. The molecule has 2 atom stereocenters. The van der Waals surface area contributed by atoms with Crippen molar-refractivity contribution in [2.24, 2.45) is 5.92 Å². The van der Waals surface area contributed by atoms with Crippen molar-refractivity contribution in [3.63, 3.8) is 0 Å². The summed E-state index contributed by atoms with van der Waals surface area (Å²) in [6, 6.07) is 8.72. The summed E-state index contributed by atoms with van der Waals surface area (Å²) in [6.45, 7) is 2.37. The summed E-state index contributed by atoms with van der Waals surface area (Å²) >= 11 is 5.99. The van der Waals surface area contributed by atoms with E-state index in [0.29, 0.717) is 12.0 Å². The number of likely N-dealkylation sites (N-methyl/N-ethyl adjacent to an activating group) is 1. The molecule has 1 aromatic carbocycles. The standard InChI is InChI=1S/C16H24ClNO/c1-12(11-19)10-15(18-2)16(8-3-9-16)13-4-6-14(17)7-5-13/h4-7,12,15,18-19H,3,8-11H2,1-2H3/t12-,15-/m0/s1. The summed E-state index contributed by atoms with van der Waals surface area (Å²) in [5.41, 5.74) is 1.61. The molecular formula is C16H24ClNO. The first kappa shape index (κ1) is 14.8. The van der Waals surface area contributed by atoms with E-state index >= 15 is 0 Å². The molecule has 1 aliphatic carbocycles. The molecule has 1 saturated carbocycles. The normalized spacial score (nSPS) is 20.6. The van der Waals surface area contributed by atoms with Gasteiger partial charge in [0.15, 0.2) is 0 Å². The third-order valence-electron chi connectivity index (χ3n) is 4.63. The fraction of sp³-hybridized carbons (Fsp3) is 0.625. The van der Waals surface area contributed by atoms with Gasteiger partial charge in [0, 0.05) is 23.1 Å². The molecular weight excluding hydrogens is 258 g/mol. The van der Waals surface area contributed by atoms with E-state index in [1.165, 1.54) is 24.8 Å². The molecule has 2 rings (SSSR count). The SMILES string of the molecule is CN[C@@H](C[C@H](C)CO)C1(c2ccc(Cl)cc2)CCC1. The topological polar surface area (TPSA) is 32.3 Å². The van der Waals surface area contributed by atoms with Crippen molar-refractivity contribution in [1.29, 1.82) is 0 Å². The third kappa shape index (κ3) is 2.96. The number of hydrogen-bond donors (Lipinski definition) is 2. The van der Waals surface area contributed by atoms with Gasteiger partial charge in [0.05, 0.1) is 0 Å². The quantitative estimate of drug-likeness (QED) is 0.838. The largest absolute Gasteiger partial charge is 0.396 e. The van der Waals surface area contributed by atoms with E-state index in [-0.39, 0.29) is 12.0 Å². The summed E-state index contributed by atoms with van der Waals surface area (Å²) in [5, 5.41) is 13.6. The Morgan fingerprint density at radius 3 is 2.37 bits per heavy atom. The zero-order valence-corrected chi connectivity index (χ0v) is 12.6. The van der Waals surface area contributed by atoms with Gasteiger partial charge in [-0.3, -0.25) is 0 Å². The Morgan fingerprint density at radius 1 is 1.32 bits per heavy atom. The average Bonchev–Trinajstić information content (AvgIpc) is 2.38. The van der Waals surface area contributed by atoms with Gasteiger partial charge < -0.3 is 10.4 Å². The van der Waals surface area contributed by atoms with E-state index in [2.05, 4.69) is 24.4 Å². The Kier molecular flexibility index (Phi) is 4.88. The van der Waals surface area contributed by atoms with Crippen molar-refractivity contribution >= 4 is 11.6 Å². The van der Waals surface area contributed by atoms with E-state index in [9.17, 15) is 5.11 Å². The van der Waals surface area contributed by atoms with Crippen molar-refractivity contribution in [1.82, 2.24) is 5.32 Å². The van der Waals surface area contributed by atoms with Crippen LogP contribution in [0.2, 0.25) is 5.02 Å². The second-order valence-corrected chi connectivity index (χ2v) is 6.32. The van der Waals surface area contributed by atoms with Crippen molar-refractivity contribution in [2.75, 3.05) is 13.7 Å². The number of nitrogens with one attached hydrogen (secondary N) is 1. The Labute approximate surface area is 121 Å². The minimum Gasteiger partial charge on any atom is -0.396 e. The van der Waals surface area contributed by atoms with Gasteiger partial charge in [0.25, 0.3) is 0 Å². The van der Waals surface area contributed by atoms with Gasteiger partial charge in [-0.1, -0.05) is 37.1 Å². The first-order chi connectivity index (χ1) is 9.12. The molecule has 0 amide bonds. The summed E-state index contributed by atoms with van der Waals surface area (Å²) in [5.74, 6) is 0.335. The first-order valence-corrected chi connectivity index (χ1v) is 7.54. The Balaban J connectivity index is 2.22. The number of halogens is 1. The van der Waals surface area contributed by atoms with Crippen molar-refractivity contribution in [3.05, 3.63) is 34.9 Å². The van der Waals surface area contributed by atoms with Crippen LogP contribution in [-0.4, -0.2) is 24.8 Å². The zero-order chi connectivity index (χ0) is 13.9. The molecule has 0 radical (unpaired) electrons. The van der Waals surface area contributed by atoms with Crippen molar-refractivity contribution in [3.8, 4) is 0 Å². The van der Waals surface area contributed by atoms with Gasteiger partial charge in [0.2, 0.25) is 0 Å². The molecule has 106 valence electrons. The number of rotatable bonds is 6. The van der Waals surface area contributed by atoms with E-state index in [1.54, 1.807) is 0 Å². The monoisotopic (exact) mass is 281 g/mol. The van der Waals surface area contributed by atoms with Crippen LogP contribution in [0.3, 0.4) is 0 Å². The minimum absolute atomic E-state index is 0.225. The molecule has 0 unspecified atom stereocenters. The lowest BCUT2D eigenvalue weighted by Gasteiger charge is -2.49. The molecule has 0 spiro atoms. The minimum atomic E-state index is 0.225. The number of benzene rings is 1. The molecule has 2 N–H and O–H groups in total. The van der Waals surface area contributed by atoms with Gasteiger partial charge in [0.1, 0.15) is 0 Å². The van der Waals surface area contributed by atoms with Gasteiger partial charge in [-0.05, 0) is 49.9 Å². The smallest absolute Gasteiger partial charge is 0.0457 e. The highest BCUT2D eigenvalue weighted by Crippen LogP contribution is 2.48. The van der Waals surface area contributed by atoms with Crippen molar-refractivity contribution in [2.45, 2.75) is 44.1 Å². The molecule has 2 nitrogen and oxygen atoms in total. The molecule has 1 fully saturated rings. The highest BCUT2D eigenvalue weighted by molar-refractivity contribution is 6.30. The maximum Gasteiger partial charge on any atom is 0.0457 e. The van der Waals surface area contributed by atoms with Gasteiger partial charge in [-0.25, -0.2) is 0 Å². The van der Waals surface area contributed by atoms with Crippen LogP contribution in [0.1, 0.15) is 38.2 Å². The van der Waals surface area contributed by atoms with Crippen LogP contribution in [0.4, 0.5) is 0 Å². The van der Waals surface area contributed by atoms with Gasteiger partial charge in [-0.15, -0.1) is 0 Å².